The molecule has 4 rings (SSSR count). The zero-order valence-corrected chi connectivity index (χ0v) is 11.8. The number of fused-ring (bicyclic) bond motifs is 2. The summed E-state index contributed by atoms with van der Waals surface area (Å²) in [5.74, 6) is 0. The van der Waals surface area contributed by atoms with E-state index in [1.807, 2.05) is 24.3 Å². The number of hydrogen-bond donors (Lipinski definition) is 0. The van der Waals surface area contributed by atoms with Gasteiger partial charge in [-0.1, -0.05) is 36.4 Å². The highest BCUT2D eigenvalue weighted by atomic mass is 32.2. The van der Waals surface area contributed by atoms with Crippen molar-refractivity contribution in [2.75, 3.05) is 10.8 Å². The van der Waals surface area contributed by atoms with Crippen LogP contribution in [0.4, 0.5) is 5.69 Å². The molecule has 0 N–H and O–H groups in total. The lowest BCUT2D eigenvalue weighted by atomic mass is 9.99. The minimum Gasteiger partial charge on any atom is -0.265 e. The van der Waals surface area contributed by atoms with Gasteiger partial charge in [0.25, 0.3) is 10.0 Å². The van der Waals surface area contributed by atoms with Gasteiger partial charge in [-0.05, 0) is 36.6 Å². The summed E-state index contributed by atoms with van der Waals surface area (Å²) in [5.41, 5.74) is 2.13. The Morgan fingerprint density at radius 1 is 0.900 bits per heavy atom. The van der Waals surface area contributed by atoms with Gasteiger partial charge in [0.1, 0.15) is 0 Å². The average Bonchev–Trinajstić information content (AvgIpc) is 3.18. The first-order chi connectivity index (χ1) is 9.63. The van der Waals surface area contributed by atoms with Gasteiger partial charge in [-0.25, -0.2) is 8.42 Å². The molecule has 1 spiro atoms. The van der Waals surface area contributed by atoms with E-state index in [4.69, 9.17) is 0 Å². The molecule has 102 valence electrons. The fourth-order valence-corrected chi connectivity index (χ4v) is 4.69. The molecule has 0 radical (unpaired) electrons. The molecule has 0 bridgehead atoms. The number of rotatable bonds is 2. The molecule has 4 heteroatoms. The van der Waals surface area contributed by atoms with Crippen molar-refractivity contribution in [1.82, 2.24) is 0 Å². The Balaban J connectivity index is 1.85. The van der Waals surface area contributed by atoms with Gasteiger partial charge in [-0.15, -0.1) is 0 Å². The molecule has 1 fully saturated rings. The summed E-state index contributed by atoms with van der Waals surface area (Å²) in [5, 5.41) is 0. The van der Waals surface area contributed by atoms with Gasteiger partial charge in [-0.3, -0.25) is 4.31 Å². The summed E-state index contributed by atoms with van der Waals surface area (Å²) in [6, 6.07) is 16.6. The molecular weight excluding hydrogens is 270 g/mol. The van der Waals surface area contributed by atoms with Crippen molar-refractivity contribution in [3.8, 4) is 0 Å². The number of sulfonamides is 1. The molecular formula is C16H15NO2S. The molecule has 1 saturated carbocycles. The van der Waals surface area contributed by atoms with Gasteiger partial charge in [0.2, 0.25) is 0 Å². The van der Waals surface area contributed by atoms with Crippen LogP contribution in [0.15, 0.2) is 59.5 Å². The van der Waals surface area contributed by atoms with Crippen LogP contribution in [0.1, 0.15) is 18.4 Å². The van der Waals surface area contributed by atoms with Crippen molar-refractivity contribution in [3.05, 3.63) is 60.2 Å². The Labute approximate surface area is 118 Å². The fraction of sp³-hybridized carbons (Fsp3) is 0.250. The van der Waals surface area contributed by atoms with E-state index in [0.29, 0.717) is 11.4 Å². The van der Waals surface area contributed by atoms with Crippen LogP contribution in [-0.4, -0.2) is 15.0 Å². The minimum atomic E-state index is -3.45. The predicted molar refractivity (Wildman–Crippen MR) is 78.3 cm³/mol. The van der Waals surface area contributed by atoms with Crippen LogP contribution < -0.4 is 4.31 Å². The summed E-state index contributed by atoms with van der Waals surface area (Å²) in [7, 11) is -3.45. The van der Waals surface area contributed by atoms with Crippen LogP contribution in [0.2, 0.25) is 0 Å². The monoisotopic (exact) mass is 285 g/mol. The predicted octanol–water partition coefficient (Wildman–Crippen LogP) is 2.93. The maximum absolute atomic E-state index is 12.8. The van der Waals surface area contributed by atoms with Crippen LogP contribution in [0.25, 0.3) is 0 Å². The lowest BCUT2D eigenvalue weighted by Gasteiger charge is -2.20. The van der Waals surface area contributed by atoms with E-state index in [1.54, 1.807) is 28.6 Å². The van der Waals surface area contributed by atoms with E-state index >= 15 is 0 Å². The van der Waals surface area contributed by atoms with Crippen LogP contribution in [-0.2, 0) is 15.4 Å². The quantitative estimate of drug-likeness (QED) is 0.850. The Morgan fingerprint density at radius 2 is 1.55 bits per heavy atom. The Bertz CT molecular complexity index is 764. The standard InChI is InChI=1S/C16H15NO2S/c18-20(19,13-6-2-1-3-7-13)17-12-16(10-11-16)14-8-4-5-9-15(14)17/h1-9H,10-12H2. The number of para-hydroxylation sites is 1. The molecule has 0 atom stereocenters. The highest BCUT2D eigenvalue weighted by molar-refractivity contribution is 7.92. The normalized spacial score (nSPS) is 19.1. The van der Waals surface area contributed by atoms with Gasteiger partial charge in [0.15, 0.2) is 0 Å². The zero-order valence-electron chi connectivity index (χ0n) is 11.0. The summed E-state index contributed by atoms with van der Waals surface area (Å²) >= 11 is 0. The van der Waals surface area contributed by atoms with E-state index in [9.17, 15) is 8.42 Å². The highest BCUT2D eigenvalue weighted by Gasteiger charge is 2.54. The molecule has 0 aromatic heterocycles. The molecule has 1 aliphatic carbocycles. The summed E-state index contributed by atoms with van der Waals surface area (Å²) in [6.07, 6.45) is 2.18. The Hall–Kier alpha value is -1.81. The van der Waals surface area contributed by atoms with E-state index < -0.39 is 10.0 Å². The van der Waals surface area contributed by atoms with Gasteiger partial charge < -0.3 is 0 Å². The molecule has 2 aromatic rings. The van der Waals surface area contributed by atoms with Crippen LogP contribution in [0.3, 0.4) is 0 Å². The van der Waals surface area contributed by atoms with Crippen molar-refractivity contribution in [1.29, 1.82) is 0 Å². The van der Waals surface area contributed by atoms with Gasteiger partial charge in [-0.2, -0.15) is 0 Å². The third kappa shape index (κ3) is 1.54. The average molecular weight is 285 g/mol. The summed E-state index contributed by atoms with van der Waals surface area (Å²) < 4.78 is 27.3. The van der Waals surface area contributed by atoms with Crippen LogP contribution in [0.5, 0.6) is 0 Å². The lowest BCUT2D eigenvalue weighted by molar-refractivity contribution is 0.588. The highest BCUT2D eigenvalue weighted by Crippen LogP contribution is 2.57. The first-order valence-electron chi connectivity index (χ1n) is 6.81. The third-order valence-corrected chi connectivity index (χ3v) is 6.15. The second-order valence-corrected chi connectivity index (χ2v) is 7.48. The fourth-order valence-electron chi connectivity index (χ4n) is 3.10. The molecule has 1 heterocycles. The smallest absolute Gasteiger partial charge is 0.264 e. The van der Waals surface area contributed by atoms with Gasteiger partial charge in [0, 0.05) is 12.0 Å². The Kier molecular flexibility index (Phi) is 2.31. The zero-order chi connectivity index (χ0) is 13.8. The first kappa shape index (κ1) is 12.0. The molecule has 0 amide bonds. The number of hydrogen-bond acceptors (Lipinski definition) is 2. The van der Waals surface area contributed by atoms with E-state index in [-0.39, 0.29) is 5.41 Å². The van der Waals surface area contributed by atoms with Gasteiger partial charge >= 0.3 is 0 Å². The van der Waals surface area contributed by atoms with Crippen LogP contribution >= 0.6 is 0 Å². The van der Waals surface area contributed by atoms with Crippen LogP contribution in [0, 0.1) is 0 Å². The molecule has 20 heavy (non-hydrogen) atoms. The molecule has 0 saturated heterocycles. The largest absolute Gasteiger partial charge is 0.265 e. The lowest BCUT2D eigenvalue weighted by Crippen LogP contribution is -2.31. The maximum Gasteiger partial charge on any atom is 0.264 e. The molecule has 3 nitrogen and oxygen atoms in total. The number of anilines is 1. The number of nitrogens with zero attached hydrogens (tertiary/aromatic N) is 1. The van der Waals surface area contributed by atoms with Crippen molar-refractivity contribution < 1.29 is 8.42 Å². The van der Waals surface area contributed by atoms with Crippen molar-refractivity contribution in [2.45, 2.75) is 23.2 Å². The van der Waals surface area contributed by atoms with Gasteiger partial charge in [0.05, 0.1) is 10.6 Å². The second kappa shape index (κ2) is 3.85. The molecule has 1 aliphatic heterocycles. The van der Waals surface area contributed by atoms with E-state index in [2.05, 4.69) is 6.07 Å². The number of benzene rings is 2. The molecule has 2 aliphatic rings. The first-order valence-corrected chi connectivity index (χ1v) is 8.25. The SMILES string of the molecule is O=S(=O)(c1ccccc1)N1CC2(CC2)c2ccccc21. The van der Waals surface area contributed by atoms with E-state index in [0.717, 1.165) is 18.5 Å². The molecule has 0 unspecified atom stereocenters. The molecule has 2 aromatic carbocycles. The third-order valence-electron chi connectivity index (χ3n) is 4.38. The topological polar surface area (TPSA) is 37.4 Å². The maximum atomic E-state index is 12.8. The summed E-state index contributed by atoms with van der Waals surface area (Å²) in [4.78, 5) is 0.368. The van der Waals surface area contributed by atoms with Crippen molar-refractivity contribution in [2.24, 2.45) is 0 Å². The summed E-state index contributed by atoms with van der Waals surface area (Å²) in [6.45, 7) is 0.587. The van der Waals surface area contributed by atoms with Crippen molar-refractivity contribution >= 4 is 15.7 Å². The minimum absolute atomic E-state index is 0.0818. The van der Waals surface area contributed by atoms with E-state index in [1.165, 1.54) is 5.56 Å². The second-order valence-electron chi connectivity index (χ2n) is 5.62. The van der Waals surface area contributed by atoms with Crippen molar-refractivity contribution in [3.63, 3.8) is 0 Å². The Morgan fingerprint density at radius 3 is 2.25 bits per heavy atom.